The fraction of sp³-hybridized carbons (Fsp3) is 0.881. The summed E-state index contributed by atoms with van der Waals surface area (Å²) in [5.41, 5.74) is -12.3. The largest absolute Gasteiger partial charge is 0.459 e. The van der Waals surface area contributed by atoms with Gasteiger partial charge in [-0.15, -0.1) is 0 Å². The summed E-state index contributed by atoms with van der Waals surface area (Å²) in [4.78, 5) is 43.5. The summed E-state index contributed by atoms with van der Waals surface area (Å²) in [6.45, 7) is 22.3. The molecule has 4 aliphatic carbocycles. The van der Waals surface area contributed by atoms with Gasteiger partial charge in [0.1, 0.15) is 36.2 Å². The second-order valence-electron chi connectivity index (χ2n) is 26.5. The first kappa shape index (κ1) is 64.0. The second-order valence-corrected chi connectivity index (χ2v) is 26.5. The first-order chi connectivity index (χ1) is 36.6. The van der Waals surface area contributed by atoms with Gasteiger partial charge in [-0.1, -0.05) is 40.7 Å². The molecule has 79 heavy (non-hydrogen) atoms. The fourth-order valence-electron chi connectivity index (χ4n) is 15.9. The molecule has 4 unspecified atom stereocenters. The summed E-state index contributed by atoms with van der Waals surface area (Å²) in [6.07, 6.45) is -9.06. The van der Waals surface area contributed by atoms with Gasteiger partial charge in [0.25, 0.3) is 5.91 Å². The molecule has 8 N–H and O–H groups in total. The van der Waals surface area contributed by atoms with Crippen molar-refractivity contribution in [3.63, 3.8) is 0 Å². The third kappa shape index (κ3) is 11.3. The number of aliphatic hydroxyl groups is 7. The number of esters is 1. The van der Waals surface area contributed by atoms with E-state index in [2.05, 4.69) is 5.32 Å². The third-order valence-electron chi connectivity index (χ3n) is 20.8. The van der Waals surface area contributed by atoms with E-state index >= 15 is 8.78 Å². The Bertz CT molecular complexity index is 2260. The third-order valence-corrected chi connectivity index (χ3v) is 20.8. The SMILES string of the molecule is CC[C@H]1OC(=O)[C@H](C)C(O[C@H]2C[C@](C)(OC)[C@@H](O)[C@H](C)O2)[C@H](C)[C@@H](OC2O[C@H](C)CC[C@H]2O)[C@](C)(O)C[C@@H](C)CN(CCCNC(=O)[C@@]2(O)[C@H](C)CC3C4C[C@H](F)C5=CC(=O)C=C[C@]5(C)[C@@]4(F)[C@@H](O)C[C@@]32C)[C@H](C)[C@@H](O)[C@@]1(C)O. The van der Waals surface area contributed by atoms with Gasteiger partial charge in [0.15, 0.2) is 29.6 Å². The van der Waals surface area contributed by atoms with Crippen LogP contribution in [0.1, 0.15) is 148 Å². The summed E-state index contributed by atoms with van der Waals surface area (Å²) < 4.78 is 71.8. The topological polar surface area (TPSA) is 263 Å². The molecule has 0 aromatic carbocycles. The number of halogens is 2. The molecule has 0 aromatic rings. The minimum Gasteiger partial charge on any atom is -0.459 e. The molecule has 452 valence electrons. The van der Waals surface area contributed by atoms with Gasteiger partial charge in [-0.3, -0.25) is 19.3 Å². The molecule has 7 aliphatic rings. The molecule has 3 heterocycles. The van der Waals surface area contributed by atoms with Gasteiger partial charge in [-0.05, 0) is 142 Å². The molecule has 0 radical (unpaired) electrons. The van der Waals surface area contributed by atoms with Crippen molar-refractivity contribution < 1.29 is 87.3 Å². The van der Waals surface area contributed by atoms with Crippen LogP contribution in [0.5, 0.6) is 0 Å². The Hall–Kier alpha value is -2.57. The van der Waals surface area contributed by atoms with E-state index in [0.717, 1.165) is 6.08 Å². The van der Waals surface area contributed by atoms with Gasteiger partial charge >= 0.3 is 5.97 Å². The van der Waals surface area contributed by atoms with E-state index in [9.17, 15) is 50.1 Å². The van der Waals surface area contributed by atoms with Gasteiger partial charge in [0, 0.05) is 61.9 Å². The van der Waals surface area contributed by atoms with Gasteiger partial charge in [0.05, 0.1) is 47.6 Å². The number of carbonyl (C=O) groups is 3. The Morgan fingerprint density at radius 2 is 1.56 bits per heavy atom. The number of carbonyl (C=O) groups excluding carboxylic acids is 3. The maximum absolute atomic E-state index is 17.9. The molecule has 6 fully saturated rings. The molecule has 1 amide bonds. The highest BCUT2D eigenvalue weighted by Gasteiger charge is 2.77. The van der Waals surface area contributed by atoms with Crippen molar-refractivity contribution in [3.05, 3.63) is 23.8 Å². The molecule has 18 nitrogen and oxygen atoms in total. The number of ketones is 1. The van der Waals surface area contributed by atoms with Crippen LogP contribution in [-0.4, -0.2) is 193 Å². The fourth-order valence-corrected chi connectivity index (χ4v) is 15.9. The highest BCUT2D eigenvalue weighted by Crippen LogP contribution is 2.71. The number of hydrogen-bond acceptors (Lipinski definition) is 17. The Kier molecular flexibility index (Phi) is 19.0. The van der Waals surface area contributed by atoms with Crippen LogP contribution in [-0.2, 0) is 42.8 Å². The van der Waals surface area contributed by atoms with E-state index < -0.39 is 160 Å². The lowest BCUT2D eigenvalue weighted by Crippen LogP contribution is -2.71. The Labute approximate surface area is 466 Å². The molecular formula is C59H96F2N2O16. The number of rotatable bonds is 11. The molecule has 0 spiro atoms. The number of fused-ring (bicyclic) bond motifs is 5. The zero-order valence-electron chi connectivity index (χ0n) is 49.2. The number of methoxy groups -OCH3 is 1. The van der Waals surface area contributed by atoms with E-state index in [1.54, 1.807) is 62.3 Å². The molecule has 3 saturated carbocycles. The monoisotopic (exact) mass is 1130 g/mol. The van der Waals surface area contributed by atoms with Crippen LogP contribution in [0.15, 0.2) is 23.8 Å². The summed E-state index contributed by atoms with van der Waals surface area (Å²) in [5, 5.41) is 87.3. The molecule has 26 atom stereocenters. The average molecular weight is 1130 g/mol. The Morgan fingerprint density at radius 1 is 0.886 bits per heavy atom. The highest BCUT2D eigenvalue weighted by molar-refractivity contribution is 6.01. The number of nitrogens with one attached hydrogen (secondary N) is 1. The molecule has 20 heteroatoms. The van der Waals surface area contributed by atoms with Crippen molar-refractivity contribution in [1.29, 1.82) is 0 Å². The quantitative estimate of drug-likeness (QED) is 0.104. The first-order valence-corrected chi connectivity index (χ1v) is 29.2. The van der Waals surface area contributed by atoms with E-state index in [0.29, 0.717) is 12.8 Å². The van der Waals surface area contributed by atoms with Crippen LogP contribution in [0.3, 0.4) is 0 Å². The number of amides is 1. The number of aliphatic hydroxyl groups excluding tert-OH is 4. The van der Waals surface area contributed by atoms with Gasteiger partial charge in [-0.25, -0.2) is 8.78 Å². The minimum absolute atomic E-state index is 0.0147. The lowest BCUT2D eigenvalue weighted by atomic mass is 9.44. The van der Waals surface area contributed by atoms with E-state index in [1.165, 1.54) is 33.1 Å². The number of cyclic esters (lactones) is 1. The van der Waals surface area contributed by atoms with Crippen LogP contribution in [0.4, 0.5) is 8.78 Å². The highest BCUT2D eigenvalue weighted by atomic mass is 19.1. The Balaban J connectivity index is 1.14. The first-order valence-electron chi connectivity index (χ1n) is 29.2. The Morgan fingerprint density at radius 3 is 2.20 bits per heavy atom. The van der Waals surface area contributed by atoms with Crippen molar-refractivity contribution in [1.82, 2.24) is 10.2 Å². The number of nitrogens with zero attached hydrogens (tertiary/aromatic N) is 1. The van der Waals surface area contributed by atoms with Crippen LogP contribution in [0.2, 0.25) is 0 Å². The van der Waals surface area contributed by atoms with Crippen LogP contribution in [0.25, 0.3) is 0 Å². The lowest BCUT2D eigenvalue weighted by Gasteiger charge is -2.63. The van der Waals surface area contributed by atoms with E-state index in [-0.39, 0.29) is 82.2 Å². The lowest BCUT2D eigenvalue weighted by molar-refractivity contribution is -0.314. The van der Waals surface area contributed by atoms with Crippen LogP contribution >= 0.6 is 0 Å². The van der Waals surface area contributed by atoms with Crippen molar-refractivity contribution in [2.75, 3.05) is 26.7 Å². The number of ether oxygens (including phenoxy) is 6. The maximum Gasteiger partial charge on any atom is 0.311 e. The standard InChI is InChI=1S/C59H96F2N2O16/c1-15-44-57(13,72)47(67)35(7)63(22-16-21-62-52(70)59(73)31(3)23-38-39-25-41(60)40-24-37(64)19-20-53(40,9)58(39,61)43(66)27-54(38,59)10)29-30(2)26-55(11,71)49(79-51-42(65)18-17-32(4)75-51)33(5)46(34(6)50(69)77-44)78-45-28-56(12,74-14)48(68)36(8)76-45/h19-20,24,30-36,38-39,41-49,51,65-68,71-73H,15-18,21-23,25-29H2,1-14H3,(H,62,70)/t30-,31-,32-,33+,34-,35-,36+,38?,39?,41+,42-,43+,44-,45+,46?,47-,48+,49-,51?,53+,54+,55-,56+,57+,58+,59+/m1/s1. The number of allylic oxidation sites excluding steroid dienone is 4. The average Bonchev–Trinajstić information content (AvgIpc) is 3.87. The molecular weight excluding hydrogens is 1030 g/mol. The minimum atomic E-state index is -2.38. The molecule has 3 saturated heterocycles. The van der Waals surface area contributed by atoms with Gasteiger partial charge < -0.3 is 69.5 Å². The normalized spacial score (nSPS) is 51.2. The predicted octanol–water partition coefficient (Wildman–Crippen LogP) is 4.53. The molecule has 0 aromatic heterocycles. The van der Waals surface area contributed by atoms with Crippen molar-refractivity contribution in [2.45, 2.75) is 256 Å². The smallest absolute Gasteiger partial charge is 0.311 e. The summed E-state index contributed by atoms with van der Waals surface area (Å²) in [6, 6.07) is -0.828. The van der Waals surface area contributed by atoms with E-state index in [4.69, 9.17) is 28.4 Å². The summed E-state index contributed by atoms with van der Waals surface area (Å²) in [5.74, 6) is -6.83. The summed E-state index contributed by atoms with van der Waals surface area (Å²) in [7, 11) is 1.48. The molecule has 3 aliphatic heterocycles. The van der Waals surface area contributed by atoms with E-state index in [1.807, 2.05) is 18.7 Å². The number of alkyl halides is 2. The zero-order chi connectivity index (χ0) is 58.9. The van der Waals surface area contributed by atoms with Gasteiger partial charge in [0.2, 0.25) is 0 Å². The zero-order valence-corrected chi connectivity index (χ0v) is 49.2. The summed E-state index contributed by atoms with van der Waals surface area (Å²) >= 11 is 0. The second kappa shape index (κ2) is 23.5. The van der Waals surface area contributed by atoms with Crippen LogP contribution in [0, 0.1) is 46.3 Å². The maximum atomic E-state index is 17.9. The van der Waals surface area contributed by atoms with Gasteiger partial charge in [-0.2, -0.15) is 0 Å². The van der Waals surface area contributed by atoms with Crippen molar-refractivity contribution >= 4 is 17.7 Å². The predicted molar refractivity (Wildman–Crippen MR) is 286 cm³/mol. The molecule has 0 bridgehead atoms. The van der Waals surface area contributed by atoms with Crippen LogP contribution < -0.4 is 5.32 Å². The number of hydrogen-bond donors (Lipinski definition) is 8. The van der Waals surface area contributed by atoms with Crippen molar-refractivity contribution in [3.8, 4) is 0 Å². The molecule has 7 rings (SSSR count). The van der Waals surface area contributed by atoms with Crippen molar-refractivity contribution in [2.24, 2.45) is 46.3 Å².